The van der Waals surface area contributed by atoms with Crippen molar-refractivity contribution in [3.8, 4) is 0 Å². The van der Waals surface area contributed by atoms with Crippen LogP contribution in [0.4, 0.5) is 20.2 Å². The van der Waals surface area contributed by atoms with Gasteiger partial charge in [-0.1, -0.05) is 0 Å². The summed E-state index contributed by atoms with van der Waals surface area (Å²) in [6.07, 6.45) is 1.89. The van der Waals surface area contributed by atoms with Crippen molar-refractivity contribution in [3.63, 3.8) is 0 Å². The van der Waals surface area contributed by atoms with E-state index in [9.17, 15) is 13.0 Å². The molecule has 1 aliphatic carbocycles. The second-order valence-electron chi connectivity index (χ2n) is 6.22. The molecular formula is C18H17F2NO3S. The maximum absolute atomic E-state index is 13.4. The van der Waals surface area contributed by atoms with Gasteiger partial charge in [0.05, 0.1) is 6.04 Å². The maximum atomic E-state index is 13.4. The molecule has 0 spiro atoms. The van der Waals surface area contributed by atoms with E-state index in [2.05, 4.69) is 0 Å². The highest BCUT2D eigenvalue weighted by Crippen LogP contribution is 2.39. The molecule has 1 heterocycles. The zero-order valence-corrected chi connectivity index (χ0v) is 14.1. The Hall–Kier alpha value is -1.83. The van der Waals surface area contributed by atoms with Crippen molar-refractivity contribution in [3.05, 3.63) is 60.2 Å². The predicted molar refractivity (Wildman–Crippen MR) is 90.5 cm³/mol. The first-order chi connectivity index (χ1) is 12.1. The van der Waals surface area contributed by atoms with Crippen LogP contribution in [0.15, 0.2) is 48.5 Å². The van der Waals surface area contributed by atoms with E-state index in [1.54, 1.807) is 24.3 Å². The number of hydrogen-bond donors (Lipinski definition) is 0. The molecule has 4 unspecified atom stereocenters. The minimum Gasteiger partial charge on any atom is -0.336 e. The van der Waals surface area contributed by atoms with Gasteiger partial charge < -0.3 is 4.90 Å². The van der Waals surface area contributed by atoms with Gasteiger partial charge in [-0.2, -0.15) is 4.21 Å². The lowest BCUT2D eigenvalue weighted by Gasteiger charge is -2.40. The molecule has 0 bridgehead atoms. The molecule has 2 aliphatic rings. The van der Waals surface area contributed by atoms with Gasteiger partial charge in [0.25, 0.3) is 0 Å². The number of fused-ring (bicyclic) bond motifs is 1. The standard InChI is InChI=1S/C18H17F2NO3S/c19-12-4-8-14(9-5-12)21(15-10-6-13(20)7-11-15)16-2-1-3-17-18(16)24-25(22)23-17/h4-11,16-18H,1-3H2. The molecule has 132 valence electrons. The molecule has 2 fully saturated rings. The van der Waals surface area contributed by atoms with E-state index in [1.165, 1.54) is 24.3 Å². The largest absolute Gasteiger partial charge is 0.336 e. The van der Waals surface area contributed by atoms with E-state index in [1.807, 2.05) is 4.90 Å². The highest BCUT2D eigenvalue weighted by Gasteiger charge is 2.45. The summed E-state index contributed by atoms with van der Waals surface area (Å²) in [5.74, 6) is -0.656. The topological polar surface area (TPSA) is 38.8 Å². The van der Waals surface area contributed by atoms with Crippen molar-refractivity contribution in [2.45, 2.75) is 37.5 Å². The Bertz CT molecular complexity index is 723. The van der Waals surface area contributed by atoms with Crippen LogP contribution in [0.3, 0.4) is 0 Å². The van der Waals surface area contributed by atoms with Crippen molar-refractivity contribution in [1.29, 1.82) is 0 Å². The molecule has 1 aliphatic heterocycles. The molecule has 4 atom stereocenters. The molecule has 2 aromatic rings. The van der Waals surface area contributed by atoms with Crippen LogP contribution in [0.2, 0.25) is 0 Å². The molecule has 1 saturated carbocycles. The second-order valence-corrected chi connectivity index (χ2v) is 7.01. The van der Waals surface area contributed by atoms with Gasteiger partial charge in [0.2, 0.25) is 0 Å². The molecule has 0 radical (unpaired) electrons. The van der Waals surface area contributed by atoms with E-state index in [-0.39, 0.29) is 29.9 Å². The Morgan fingerprint density at radius 3 is 2.00 bits per heavy atom. The Morgan fingerprint density at radius 2 is 1.44 bits per heavy atom. The van der Waals surface area contributed by atoms with Crippen LogP contribution in [-0.2, 0) is 19.7 Å². The van der Waals surface area contributed by atoms with E-state index >= 15 is 0 Å². The van der Waals surface area contributed by atoms with Gasteiger partial charge in [0, 0.05) is 11.4 Å². The van der Waals surface area contributed by atoms with Crippen molar-refractivity contribution >= 4 is 22.7 Å². The quantitative estimate of drug-likeness (QED) is 0.824. The molecule has 0 aromatic heterocycles. The first-order valence-electron chi connectivity index (χ1n) is 8.18. The SMILES string of the molecule is O=S1OC2CCCC(N(c3ccc(F)cc3)c3ccc(F)cc3)C2O1. The zero-order chi connectivity index (χ0) is 17.4. The molecule has 0 N–H and O–H groups in total. The number of halogens is 2. The minimum atomic E-state index is -1.75. The van der Waals surface area contributed by atoms with E-state index in [0.717, 1.165) is 30.6 Å². The van der Waals surface area contributed by atoms with Crippen molar-refractivity contribution < 1.29 is 21.4 Å². The Morgan fingerprint density at radius 1 is 0.880 bits per heavy atom. The normalized spacial score (nSPS) is 28.6. The summed E-state index contributed by atoms with van der Waals surface area (Å²) in [6.45, 7) is 0. The Labute approximate surface area is 147 Å². The number of anilines is 2. The smallest absolute Gasteiger partial charge is 0.305 e. The first-order valence-corrected chi connectivity index (χ1v) is 9.18. The zero-order valence-electron chi connectivity index (χ0n) is 13.3. The summed E-state index contributed by atoms with van der Waals surface area (Å²) in [5, 5.41) is 0. The lowest BCUT2D eigenvalue weighted by molar-refractivity contribution is 0.0920. The average Bonchev–Trinajstić information content (AvgIpc) is 2.99. The Kier molecular flexibility index (Phi) is 4.54. The average molecular weight is 365 g/mol. The van der Waals surface area contributed by atoms with Crippen LogP contribution in [-0.4, -0.2) is 22.5 Å². The van der Waals surface area contributed by atoms with Crippen LogP contribution in [0.5, 0.6) is 0 Å². The lowest BCUT2D eigenvalue weighted by atomic mass is 9.88. The van der Waals surface area contributed by atoms with Gasteiger partial charge in [-0.05, 0) is 67.8 Å². The molecule has 25 heavy (non-hydrogen) atoms. The highest BCUT2D eigenvalue weighted by atomic mass is 32.2. The number of nitrogens with zero attached hydrogens (tertiary/aromatic N) is 1. The maximum Gasteiger partial charge on any atom is 0.305 e. The highest BCUT2D eigenvalue weighted by molar-refractivity contribution is 7.75. The fourth-order valence-electron chi connectivity index (χ4n) is 3.56. The monoisotopic (exact) mass is 365 g/mol. The molecule has 2 aromatic carbocycles. The molecule has 4 nitrogen and oxygen atoms in total. The lowest BCUT2D eigenvalue weighted by Crippen LogP contribution is -2.48. The van der Waals surface area contributed by atoms with Crippen molar-refractivity contribution in [2.75, 3.05) is 4.90 Å². The number of hydrogen-bond acceptors (Lipinski definition) is 4. The fourth-order valence-corrected chi connectivity index (χ4v) is 4.45. The molecular weight excluding hydrogens is 348 g/mol. The van der Waals surface area contributed by atoms with Crippen LogP contribution >= 0.6 is 0 Å². The van der Waals surface area contributed by atoms with E-state index in [4.69, 9.17) is 8.37 Å². The molecule has 4 rings (SSSR count). The minimum absolute atomic E-state index is 0.138. The number of benzene rings is 2. The second kappa shape index (κ2) is 6.82. The first kappa shape index (κ1) is 16.6. The van der Waals surface area contributed by atoms with Crippen molar-refractivity contribution in [2.24, 2.45) is 0 Å². The summed E-state index contributed by atoms with van der Waals surface area (Å²) in [4.78, 5) is 1.99. The fraction of sp³-hybridized carbons (Fsp3) is 0.333. The van der Waals surface area contributed by atoms with Gasteiger partial charge in [0.15, 0.2) is 0 Å². The summed E-state index contributed by atoms with van der Waals surface area (Å²) in [6, 6.07) is 12.1. The van der Waals surface area contributed by atoms with Gasteiger partial charge in [0.1, 0.15) is 23.8 Å². The summed E-state index contributed by atoms with van der Waals surface area (Å²) < 4.78 is 49.3. The third-order valence-electron chi connectivity index (χ3n) is 4.67. The third kappa shape index (κ3) is 3.31. The summed E-state index contributed by atoms with van der Waals surface area (Å²) in [7, 11) is 0. The van der Waals surface area contributed by atoms with E-state index in [0.29, 0.717) is 0 Å². The number of rotatable bonds is 3. The van der Waals surface area contributed by atoms with Gasteiger partial charge in [-0.25, -0.2) is 8.78 Å². The molecule has 7 heteroatoms. The van der Waals surface area contributed by atoms with Gasteiger partial charge in [-0.15, -0.1) is 0 Å². The third-order valence-corrected chi connectivity index (χ3v) is 5.45. The van der Waals surface area contributed by atoms with Gasteiger partial charge >= 0.3 is 11.4 Å². The predicted octanol–water partition coefficient (Wildman–Crippen LogP) is 4.02. The van der Waals surface area contributed by atoms with Crippen LogP contribution in [0, 0.1) is 11.6 Å². The van der Waals surface area contributed by atoms with Crippen molar-refractivity contribution in [1.82, 2.24) is 0 Å². The Balaban J connectivity index is 1.75. The molecule has 0 amide bonds. The van der Waals surface area contributed by atoms with Crippen LogP contribution in [0.25, 0.3) is 0 Å². The van der Waals surface area contributed by atoms with Crippen LogP contribution < -0.4 is 4.90 Å². The summed E-state index contributed by atoms with van der Waals surface area (Å²) >= 11 is -1.75. The van der Waals surface area contributed by atoms with Gasteiger partial charge in [-0.3, -0.25) is 8.37 Å². The summed E-state index contributed by atoms with van der Waals surface area (Å²) in [5.41, 5.74) is 1.53. The van der Waals surface area contributed by atoms with Crippen LogP contribution in [0.1, 0.15) is 19.3 Å². The molecule has 1 saturated heterocycles. The van der Waals surface area contributed by atoms with E-state index < -0.39 is 11.4 Å².